The molecule has 0 saturated carbocycles. The normalized spacial score (nSPS) is 29.2. The summed E-state index contributed by atoms with van der Waals surface area (Å²) in [7, 11) is 0. The standard InChI is InChI=1S/C24H27ClO7/c1-3-14-4-6-15(7-5-14)8-16-9-18-17(10-19(16)25)11-31-24(18)23(29)22(28)21(27)20(32-24)12-30-13(2)26/h4-7,9-10,20-23,27-29H,3,8,11-12H2,1-2H3/t20-,21-,22+,23-,24+/m1/s1. The third-order valence-electron chi connectivity index (χ3n) is 6.14. The number of rotatable bonds is 5. The van der Waals surface area contributed by atoms with Crippen molar-refractivity contribution in [2.75, 3.05) is 6.61 Å². The van der Waals surface area contributed by atoms with E-state index in [2.05, 4.69) is 31.2 Å². The number of aliphatic hydroxyl groups is 3. The van der Waals surface area contributed by atoms with Gasteiger partial charge in [0.05, 0.1) is 6.61 Å². The molecular weight excluding hydrogens is 436 g/mol. The lowest BCUT2D eigenvalue weighted by Gasteiger charge is -2.46. The lowest BCUT2D eigenvalue weighted by molar-refractivity contribution is -0.368. The van der Waals surface area contributed by atoms with Crippen molar-refractivity contribution in [3.63, 3.8) is 0 Å². The van der Waals surface area contributed by atoms with Crippen LogP contribution in [0.5, 0.6) is 0 Å². The van der Waals surface area contributed by atoms with Crippen LogP contribution in [0.15, 0.2) is 36.4 Å². The van der Waals surface area contributed by atoms with Gasteiger partial charge in [0, 0.05) is 17.5 Å². The highest BCUT2D eigenvalue weighted by Gasteiger charge is 2.58. The molecule has 2 aliphatic rings. The predicted octanol–water partition coefficient (Wildman–Crippen LogP) is 2.22. The van der Waals surface area contributed by atoms with Gasteiger partial charge in [-0.05, 0) is 47.2 Å². The Bertz CT molecular complexity index is 993. The average molecular weight is 463 g/mol. The van der Waals surface area contributed by atoms with Gasteiger partial charge in [0.25, 0.3) is 0 Å². The van der Waals surface area contributed by atoms with Gasteiger partial charge in [-0.25, -0.2) is 0 Å². The number of aryl methyl sites for hydroxylation is 1. The first-order valence-corrected chi connectivity index (χ1v) is 11.0. The number of carbonyl (C=O) groups excluding carboxylic acids is 1. The number of ether oxygens (including phenoxy) is 3. The van der Waals surface area contributed by atoms with E-state index in [1.54, 1.807) is 6.07 Å². The summed E-state index contributed by atoms with van der Waals surface area (Å²) in [5.74, 6) is -2.25. The second-order valence-electron chi connectivity index (χ2n) is 8.29. The first-order chi connectivity index (χ1) is 15.2. The summed E-state index contributed by atoms with van der Waals surface area (Å²) in [4.78, 5) is 11.2. The highest BCUT2D eigenvalue weighted by Crippen LogP contribution is 2.47. The molecule has 5 atom stereocenters. The Hall–Kier alpha value is -2.00. The zero-order valence-corrected chi connectivity index (χ0v) is 18.7. The number of hydrogen-bond acceptors (Lipinski definition) is 7. The van der Waals surface area contributed by atoms with Crippen LogP contribution in [0.3, 0.4) is 0 Å². The van der Waals surface area contributed by atoms with Crippen molar-refractivity contribution in [3.05, 3.63) is 69.2 Å². The summed E-state index contributed by atoms with van der Waals surface area (Å²) in [6, 6.07) is 11.8. The third-order valence-corrected chi connectivity index (χ3v) is 6.49. The summed E-state index contributed by atoms with van der Waals surface area (Å²) >= 11 is 6.54. The minimum Gasteiger partial charge on any atom is -0.463 e. The fourth-order valence-corrected chi connectivity index (χ4v) is 4.54. The molecule has 2 aromatic carbocycles. The van der Waals surface area contributed by atoms with Gasteiger partial charge in [0.15, 0.2) is 0 Å². The van der Waals surface area contributed by atoms with Crippen LogP contribution in [0, 0.1) is 0 Å². The van der Waals surface area contributed by atoms with E-state index in [0.717, 1.165) is 17.5 Å². The number of aliphatic hydroxyl groups excluding tert-OH is 3. The predicted molar refractivity (Wildman–Crippen MR) is 116 cm³/mol. The van der Waals surface area contributed by atoms with Crippen molar-refractivity contribution in [2.24, 2.45) is 0 Å². The Morgan fingerprint density at radius 1 is 1.16 bits per heavy atom. The highest BCUT2D eigenvalue weighted by atomic mass is 35.5. The first kappa shape index (κ1) is 23.2. The van der Waals surface area contributed by atoms with Crippen LogP contribution in [-0.4, -0.2) is 52.3 Å². The van der Waals surface area contributed by atoms with Gasteiger partial charge in [-0.15, -0.1) is 0 Å². The second kappa shape index (κ2) is 9.09. The van der Waals surface area contributed by atoms with Crippen molar-refractivity contribution in [2.45, 2.75) is 63.5 Å². The number of fused-ring (bicyclic) bond motifs is 2. The van der Waals surface area contributed by atoms with Crippen molar-refractivity contribution in [3.8, 4) is 0 Å². The van der Waals surface area contributed by atoms with Crippen LogP contribution in [0.4, 0.5) is 0 Å². The molecule has 0 unspecified atom stereocenters. The van der Waals surface area contributed by atoms with Gasteiger partial charge < -0.3 is 29.5 Å². The minimum absolute atomic E-state index is 0.112. The molecule has 2 aliphatic heterocycles. The molecule has 32 heavy (non-hydrogen) atoms. The Balaban J connectivity index is 1.67. The van der Waals surface area contributed by atoms with Gasteiger partial charge in [-0.3, -0.25) is 4.79 Å². The molecule has 172 valence electrons. The van der Waals surface area contributed by atoms with Crippen LogP contribution in [0.1, 0.15) is 41.7 Å². The topological polar surface area (TPSA) is 105 Å². The maximum absolute atomic E-state index is 11.2. The van der Waals surface area contributed by atoms with Crippen molar-refractivity contribution >= 4 is 17.6 Å². The molecule has 0 aromatic heterocycles. The summed E-state index contributed by atoms with van der Waals surface area (Å²) in [5, 5.41) is 32.3. The monoisotopic (exact) mass is 462 g/mol. The summed E-state index contributed by atoms with van der Waals surface area (Å²) < 4.78 is 16.8. The van der Waals surface area contributed by atoms with E-state index < -0.39 is 36.2 Å². The SMILES string of the molecule is CCc1ccc(Cc2cc3c(cc2Cl)CO[C@]32O[C@H](COC(C)=O)[C@@H](O)[C@H](O)[C@H]2O)cc1. The van der Waals surface area contributed by atoms with Gasteiger partial charge >= 0.3 is 5.97 Å². The van der Waals surface area contributed by atoms with E-state index in [9.17, 15) is 20.1 Å². The number of hydrogen-bond donors (Lipinski definition) is 3. The molecule has 1 spiro atoms. The number of esters is 1. The molecule has 2 aromatic rings. The Morgan fingerprint density at radius 2 is 1.84 bits per heavy atom. The van der Waals surface area contributed by atoms with E-state index in [-0.39, 0.29) is 13.2 Å². The molecule has 0 amide bonds. The lowest BCUT2D eigenvalue weighted by Crippen LogP contribution is -2.63. The van der Waals surface area contributed by atoms with Crippen LogP contribution in [0.25, 0.3) is 0 Å². The molecule has 0 radical (unpaired) electrons. The zero-order valence-electron chi connectivity index (χ0n) is 18.0. The molecule has 1 saturated heterocycles. The van der Waals surface area contributed by atoms with E-state index in [1.807, 2.05) is 6.07 Å². The molecular formula is C24H27ClO7. The summed E-state index contributed by atoms with van der Waals surface area (Å²) in [5.41, 5.74) is 4.38. The van der Waals surface area contributed by atoms with Crippen LogP contribution < -0.4 is 0 Å². The minimum atomic E-state index is -1.70. The highest BCUT2D eigenvalue weighted by molar-refractivity contribution is 6.31. The van der Waals surface area contributed by atoms with E-state index in [0.29, 0.717) is 22.6 Å². The van der Waals surface area contributed by atoms with E-state index >= 15 is 0 Å². The number of carbonyl (C=O) groups is 1. The van der Waals surface area contributed by atoms with Crippen LogP contribution in [0.2, 0.25) is 5.02 Å². The maximum atomic E-state index is 11.2. The van der Waals surface area contributed by atoms with Crippen LogP contribution in [-0.2, 0) is 44.2 Å². The van der Waals surface area contributed by atoms with Crippen LogP contribution >= 0.6 is 11.6 Å². The molecule has 0 aliphatic carbocycles. The molecule has 3 N–H and O–H groups in total. The maximum Gasteiger partial charge on any atom is 0.302 e. The number of benzene rings is 2. The average Bonchev–Trinajstić information content (AvgIpc) is 3.12. The summed E-state index contributed by atoms with van der Waals surface area (Å²) in [6.07, 6.45) is -4.13. The third kappa shape index (κ3) is 4.17. The lowest BCUT2D eigenvalue weighted by atomic mass is 9.86. The molecule has 1 fully saturated rings. The van der Waals surface area contributed by atoms with Gasteiger partial charge in [-0.1, -0.05) is 42.8 Å². The summed E-state index contributed by atoms with van der Waals surface area (Å²) in [6.45, 7) is 3.16. The second-order valence-corrected chi connectivity index (χ2v) is 8.70. The van der Waals surface area contributed by atoms with E-state index in [4.69, 9.17) is 25.8 Å². The molecule has 7 nitrogen and oxygen atoms in total. The Kier molecular flexibility index (Phi) is 6.58. The fourth-order valence-electron chi connectivity index (χ4n) is 4.28. The largest absolute Gasteiger partial charge is 0.463 e. The van der Waals surface area contributed by atoms with E-state index in [1.165, 1.54) is 12.5 Å². The van der Waals surface area contributed by atoms with Gasteiger partial charge in [0.1, 0.15) is 31.0 Å². The van der Waals surface area contributed by atoms with Gasteiger partial charge in [-0.2, -0.15) is 0 Å². The molecule has 8 heteroatoms. The Labute approximate surface area is 191 Å². The molecule has 4 rings (SSSR count). The smallest absolute Gasteiger partial charge is 0.302 e. The van der Waals surface area contributed by atoms with Crippen molar-refractivity contribution < 1.29 is 34.3 Å². The fraction of sp³-hybridized carbons (Fsp3) is 0.458. The molecule has 0 bridgehead atoms. The Morgan fingerprint density at radius 3 is 2.50 bits per heavy atom. The molecule has 2 heterocycles. The van der Waals surface area contributed by atoms with Gasteiger partial charge in [0.2, 0.25) is 5.79 Å². The first-order valence-electron chi connectivity index (χ1n) is 10.6. The van der Waals surface area contributed by atoms with Crippen molar-refractivity contribution in [1.29, 1.82) is 0 Å². The van der Waals surface area contributed by atoms with Crippen molar-refractivity contribution in [1.82, 2.24) is 0 Å². The zero-order chi connectivity index (χ0) is 23.0. The quantitative estimate of drug-likeness (QED) is 0.585. The number of halogens is 1.